The minimum atomic E-state index is 0.0132. The van der Waals surface area contributed by atoms with Gasteiger partial charge in [-0.25, -0.2) is 4.98 Å². The summed E-state index contributed by atoms with van der Waals surface area (Å²) in [5, 5.41) is 2.79. The first-order valence-electron chi connectivity index (χ1n) is 5.57. The van der Waals surface area contributed by atoms with Crippen LogP contribution in [-0.2, 0) is 19.4 Å². The Morgan fingerprint density at radius 1 is 1.25 bits per heavy atom. The molecule has 0 amide bonds. The first-order chi connectivity index (χ1) is 7.86. The van der Waals surface area contributed by atoms with Gasteiger partial charge in [-0.05, 0) is 48.9 Å². The van der Waals surface area contributed by atoms with E-state index in [1.165, 1.54) is 24.0 Å². The average Bonchev–Trinajstić information content (AvgIpc) is 2.67. The maximum atomic E-state index is 10.2. The fourth-order valence-corrected chi connectivity index (χ4v) is 2.33. The number of nitroso groups, excluding NO2 is 1. The van der Waals surface area contributed by atoms with Crippen LogP contribution >= 0.6 is 0 Å². The Hall–Kier alpha value is -1.71. The van der Waals surface area contributed by atoms with Crippen molar-refractivity contribution in [2.75, 3.05) is 0 Å². The predicted molar refractivity (Wildman–Crippen MR) is 60.2 cm³/mol. The number of hydrogen-bond acceptors (Lipinski definition) is 4. The van der Waals surface area contributed by atoms with E-state index in [0.717, 1.165) is 23.9 Å². The summed E-state index contributed by atoms with van der Waals surface area (Å²) in [7, 11) is 0. The molecule has 4 heteroatoms. The SMILES string of the molecule is O=NCc1nc2cc3c(cc2o1)CCCC3. The highest BCUT2D eigenvalue weighted by Gasteiger charge is 2.13. The zero-order chi connectivity index (χ0) is 11.0. The van der Waals surface area contributed by atoms with Crippen molar-refractivity contribution in [1.82, 2.24) is 4.98 Å². The lowest BCUT2D eigenvalue weighted by Crippen LogP contribution is -2.01. The maximum absolute atomic E-state index is 10.2. The lowest BCUT2D eigenvalue weighted by atomic mass is 9.91. The summed E-state index contributed by atoms with van der Waals surface area (Å²) >= 11 is 0. The summed E-state index contributed by atoms with van der Waals surface area (Å²) < 4.78 is 5.47. The molecule has 0 aliphatic heterocycles. The van der Waals surface area contributed by atoms with Crippen LogP contribution in [0.15, 0.2) is 21.7 Å². The monoisotopic (exact) mass is 216 g/mol. The van der Waals surface area contributed by atoms with Crippen LogP contribution in [0.25, 0.3) is 11.1 Å². The molecule has 1 aromatic heterocycles. The minimum absolute atomic E-state index is 0.0132. The first-order valence-corrected chi connectivity index (χ1v) is 5.57. The second-order valence-electron chi connectivity index (χ2n) is 4.19. The third-order valence-corrected chi connectivity index (χ3v) is 3.10. The maximum Gasteiger partial charge on any atom is 0.220 e. The second kappa shape index (κ2) is 3.70. The molecule has 4 nitrogen and oxygen atoms in total. The van der Waals surface area contributed by atoms with E-state index < -0.39 is 0 Å². The molecule has 1 aromatic carbocycles. The lowest BCUT2D eigenvalue weighted by molar-refractivity contribution is 0.532. The van der Waals surface area contributed by atoms with Crippen molar-refractivity contribution in [3.63, 3.8) is 0 Å². The number of oxazole rings is 1. The van der Waals surface area contributed by atoms with Crippen LogP contribution in [0.1, 0.15) is 29.9 Å². The van der Waals surface area contributed by atoms with Crippen molar-refractivity contribution in [1.29, 1.82) is 0 Å². The van der Waals surface area contributed by atoms with Crippen molar-refractivity contribution in [3.05, 3.63) is 34.1 Å². The lowest BCUT2D eigenvalue weighted by Gasteiger charge is -2.14. The topological polar surface area (TPSA) is 55.5 Å². The molecule has 16 heavy (non-hydrogen) atoms. The Morgan fingerprint density at radius 3 is 2.75 bits per heavy atom. The van der Waals surface area contributed by atoms with Gasteiger partial charge in [0.2, 0.25) is 5.89 Å². The molecule has 1 heterocycles. The molecular formula is C12H12N2O2. The molecule has 0 radical (unpaired) electrons. The van der Waals surface area contributed by atoms with E-state index in [1.54, 1.807) is 0 Å². The third-order valence-electron chi connectivity index (χ3n) is 3.10. The van der Waals surface area contributed by atoms with Crippen LogP contribution in [-0.4, -0.2) is 4.98 Å². The van der Waals surface area contributed by atoms with Crippen LogP contribution in [0.2, 0.25) is 0 Å². The van der Waals surface area contributed by atoms with Gasteiger partial charge in [0.25, 0.3) is 0 Å². The number of aromatic nitrogens is 1. The van der Waals surface area contributed by atoms with Gasteiger partial charge in [-0.3, -0.25) is 0 Å². The smallest absolute Gasteiger partial charge is 0.220 e. The first kappa shape index (κ1) is 9.51. The molecule has 0 saturated heterocycles. The quantitative estimate of drug-likeness (QED) is 0.725. The number of hydrogen-bond donors (Lipinski definition) is 0. The second-order valence-corrected chi connectivity index (χ2v) is 4.19. The highest BCUT2D eigenvalue weighted by Crippen LogP contribution is 2.27. The van der Waals surface area contributed by atoms with Crippen molar-refractivity contribution >= 4 is 11.1 Å². The number of nitrogens with zero attached hydrogens (tertiary/aromatic N) is 2. The van der Waals surface area contributed by atoms with Gasteiger partial charge < -0.3 is 4.42 Å². The van der Waals surface area contributed by atoms with Crippen LogP contribution in [0.3, 0.4) is 0 Å². The Kier molecular flexibility index (Phi) is 2.20. The van der Waals surface area contributed by atoms with Gasteiger partial charge in [0.1, 0.15) is 5.52 Å². The van der Waals surface area contributed by atoms with Crippen molar-refractivity contribution in [2.24, 2.45) is 5.18 Å². The molecule has 0 bridgehead atoms. The molecule has 0 N–H and O–H groups in total. The number of rotatable bonds is 2. The van der Waals surface area contributed by atoms with Gasteiger partial charge in [0.05, 0.1) is 0 Å². The zero-order valence-corrected chi connectivity index (χ0v) is 8.90. The van der Waals surface area contributed by atoms with Gasteiger partial charge in [-0.1, -0.05) is 5.18 Å². The summed E-state index contributed by atoms with van der Waals surface area (Å²) in [4.78, 5) is 14.4. The summed E-state index contributed by atoms with van der Waals surface area (Å²) in [6.07, 6.45) is 4.74. The summed E-state index contributed by atoms with van der Waals surface area (Å²) in [5.74, 6) is 0.410. The largest absolute Gasteiger partial charge is 0.438 e. The highest BCUT2D eigenvalue weighted by molar-refractivity contribution is 5.75. The highest BCUT2D eigenvalue weighted by atomic mass is 16.4. The Morgan fingerprint density at radius 2 is 2.00 bits per heavy atom. The molecule has 82 valence electrons. The molecule has 0 atom stereocenters. The Labute approximate surface area is 92.6 Å². The summed E-state index contributed by atoms with van der Waals surface area (Å²) in [6.45, 7) is 0.0132. The van der Waals surface area contributed by atoms with E-state index >= 15 is 0 Å². The Balaban J connectivity index is 2.12. The molecule has 2 aromatic rings. The van der Waals surface area contributed by atoms with E-state index in [-0.39, 0.29) is 6.54 Å². The number of benzene rings is 1. The summed E-state index contributed by atoms with van der Waals surface area (Å²) in [5.41, 5.74) is 4.36. The molecule has 0 saturated carbocycles. The van der Waals surface area contributed by atoms with E-state index in [0.29, 0.717) is 5.89 Å². The van der Waals surface area contributed by atoms with Gasteiger partial charge in [-0.2, -0.15) is 4.91 Å². The molecular weight excluding hydrogens is 204 g/mol. The van der Waals surface area contributed by atoms with Gasteiger partial charge in [0.15, 0.2) is 12.1 Å². The fraction of sp³-hybridized carbons (Fsp3) is 0.417. The van der Waals surface area contributed by atoms with Crippen molar-refractivity contribution in [2.45, 2.75) is 32.2 Å². The number of aryl methyl sites for hydroxylation is 2. The Bertz CT molecular complexity index is 502. The normalized spacial score (nSPS) is 15.0. The van der Waals surface area contributed by atoms with Crippen molar-refractivity contribution in [3.8, 4) is 0 Å². The van der Waals surface area contributed by atoms with Crippen LogP contribution < -0.4 is 0 Å². The van der Waals surface area contributed by atoms with E-state index in [2.05, 4.69) is 22.3 Å². The standard InChI is InChI=1S/C12H12N2O2/c15-13-7-12-14-10-5-8-3-1-2-4-9(8)6-11(10)16-12/h5-6H,1-4,7H2. The predicted octanol–water partition coefficient (Wildman–Crippen LogP) is 2.97. The van der Waals surface area contributed by atoms with Gasteiger partial charge >= 0.3 is 0 Å². The molecule has 0 unspecified atom stereocenters. The molecule has 1 aliphatic carbocycles. The molecule has 3 rings (SSSR count). The number of fused-ring (bicyclic) bond motifs is 2. The van der Waals surface area contributed by atoms with Crippen LogP contribution in [0.4, 0.5) is 0 Å². The zero-order valence-electron chi connectivity index (χ0n) is 8.90. The van der Waals surface area contributed by atoms with E-state index in [9.17, 15) is 4.91 Å². The van der Waals surface area contributed by atoms with Gasteiger partial charge in [0, 0.05) is 0 Å². The minimum Gasteiger partial charge on any atom is -0.438 e. The molecule has 1 aliphatic rings. The van der Waals surface area contributed by atoms with E-state index in [1.807, 2.05) is 0 Å². The van der Waals surface area contributed by atoms with Crippen molar-refractivity contribution < 1.29 is 4.42 Å². The summed E-state index contributed by atoms with van der Waals surface area (Å²) in [6, 6.07) is 4.15. The average molecular weight is 216 g/mol. The molecule has 0 spiro atoms. The van der Waals surface area contributed by atoms with E-state index in [4.69, 9.17) is 4.42 Å². The van der Waals surface area contributed by atoms with Gasteiger partial charge in [-0.15, -0.1) is 0 Å². The van der Waals surface area contributed by atoms with Crippen LogP contribution in [0, 0.1) is 4.91 Å². The van der Waals surface area contributed by atoms with Crippen LogP contribution in [0.5, 0.6) is 0 Å². The molecule has 0 fully saturated rings. The fourth-order valence-electron chi connectivity index (χ4n) is 2.33. The third kappa shape index (κ3) is 1.50.